The van der Waals surface area contributed by atoms with Crippen LogP contribution in [0.2, 0.25) is 0 Å². The van der Waals surface area contributed by atoms with Crippen LogP contribution in [-0.4, -0.2) is 31.7 Å². The number of hydrogen-bond donors (Lipinski definition) is 0. The molecule has 0 bridgehead atoms. The van der Waals surface area contributed by atoms with Crippen LogP contribution in [0.3, 0.4) is 0 Å². The summed E-state index contributed by atoms with van der Waals surface area (Å²) in [4.78, 5) is 33.3. The van der Waals surface area contributed by atoms with Crippen molar-refractivity contribution in [2.75, 3.05) is 0 Å². The SMILES string of the molecule is Cn1cc(-c2ccncc2)c(-c2ccc(OCc3nc4ccccc4c4c3OC(=O)CCC(=O)O4)cc2)n1. The van der Waals surface area contributed by atoms with Gasteiger partial charge in [-0.05, 0) is 54.1 Å². The average Bonchev–Trinajstić information content (AvgIpc) is 3.33. The normalized spacial score (nSPS) is 13.3. The minimum atomic E-state index is -0.522. The van der Waals surface area contributed by atoms with E-state index in [-0.39, 0.29) is 30.9 Å². The number of carbonyl (C=O) groups excluding carboxylic acids is 2. The predicted molar refractivity (Wildman–Crippen MR) is 138 cm³/mol. The Bertz CT molecular complexity index is 1660. The van der Waals surface area contributed by atoms with Crippen molar-refractivity contribution in [3.8, 4) is 39.6 Å². The molecule has 0 atom stereocenters. The number of benzene rings is 2. The molecular formula is C29H22N4O5. The second-order valence-corrected chi connectivity index (χ2v) is 8.80. The molecule has 2 aromatic carbocycles. The van der Waals surface area contributed by atoms with E-state index in [4.69, 9.17) is 14.2 Å². The number of ether oxygens (including phenoxy) is 3. The van der Waals surface area contributed by atoms with Crippen LogP contribution in [-0.2, 0) is 23.2 Å². The molecule has 1 aliphatic heterocycles. The first kappa shape index (κ1) is 23.4. The predicted octanol–water partition coefficient (Wildman–Crippen LogP) is 4.88. The largest absolute Gasteiger partial charge is 0.487 e. The second-order valence-electron chi connectivity index (χ2n) is 8.80. The molecule has 38 heavy (non-hydrogen) atoms. The Morgan fingerprint density at radius 2 is 1.58 bits per heavy atom. The monoisotopic (exact) mass is 506 g/mol. The van der Waals surface area contributed by atoms with E-state index in [0.717, 1.165) is 22.4 Å². The molecule has 0 fully saturated rings. The summed E-state index contributed by atoms with van der Waals surface area (Å²) in [6.07, 6.45) is 5.37. The van der Waals surface area contributed by atoms with Gasteiger partial charge in [-0.3, -0.25) is 19.3 Å². The highest BCUT2D eigenvalue weighted by molar-refractivity contribution is 5.93. The fourth-order valence-electron chi connectivity index (χ4n) is 4.36. The lowest BCUT2D eigenvalue weighted by molar-refractivity contribution is -0.142. The number of esters is 2. The summed E-state index contributed by atoms with van der Waals surface area (Å²) in [5.74, 6) is -0.142. The van der Waals surface area contributed by atoms with Gasteiger partial charge in [-0.2, -0.15) is 5.10 Å². The molecule has 1 aliphatic rings. The van der Waals surface area contributed by atoms with Gasteiger partial charge in [0.15, 0.2) is 11.5 Å². The fourth-order valence-corrected chi connectivity index (χ4v) is 4.36. The number of hydrogen-bond acceptors (Lipinski definition) is 8. The van der Waals surface area contributed by atoms with Crippen molar-refractivity contribution in [1.29, 1.82) is 0 Å². The van der Waals surface area contributed by atoms with E-state index in [1.807, 2.05) is 55.7 Å². The van der Waals surface area contributed by atoms with Crippen molar-refractivity contribution in [3.63, 3.8) is 0 Å². The smallest absolute Gasteiger partial charge is 0.311 e. The maximum atomic E-state index is 12.3. The van der Waals surface area contributed by atoms with Gasteiger partial charge in [0.25, 0.3) is 0 Å². The minimum Gasteiger partial charge on any atom is -0.487 e. The number of aryl methyl sites for hydroxylation is 1. The molecule has 0 amide bonds. The molecule has 0 radical (unpaired) electrons. The van der Waals surface area contributed by atoms with Gasteiger partial charge in [-0.15, -0.1) is 0 Å². The van der Waals surface area contributed by atoms with E-state index < -0.39 is 11.9 Å². The van der Waals surface area contributed by atoms with Crippen LogP contribution in [0.5, 0.6) is 17.2 Å². The van der Waals surface area contributed by atoms with Crippen molar-refractivity contribution in [3.05, 3.63) is 84.9 Å². The van der Waals surface area contributed by atoms with Crippen molar-refractivity contribution < 1.29 is 23.8 Å². The van der Waals surface area contributed by atoms with E-state index in [9.17, 15) is 9.59 Å². The van der Waals surface area contributed by atoms with Crippen LogP contribution in [0.25, 0.3) is 33.3 Å². The van der Waals surface area contributed by atoms with E-state index >= 15 is 0 Å². The number of nitrogens with zero attached hydrogens (tertiary/aromatic N) is 4. The summed E-state index contributed by atoms with van der Waals surface area (Å²) in [6, 6.07) is 18.7. The molecule has 5 aromatic rings. The van der Waals surface area contributed by atoms with Crippen LogP contribution < -0.4 is 14.2 Å². The van der Waals surface area contributed by atoms with Crippen LogP contribution in [0, 0.1) is 0 Å². The molecule has 4 heterocycles. The van der Waals surface area contributed by atoms with E-state index in [0.29, 0.717) is 22.3 Å². The Morgan fingerprint density at radius 3 is 2.34 bits per heavy atom. The maximum absolute atomic E-state index is 12.3. The number of aromatic nitrogens is 4. The van der Waals surface area contributed by atoms with Crippen LogP contribution in [0.1, 0.15) is 18.5 Å². The zero-order valence-corrected chi connectivity index (χ0v) is 20.5. The van der Waals surface area contributed by atoms with Gasteiger partial charge < -0.3 is 14.2 Å². The highest BCUT2D eigenvalue weighted by atomic mass is 16.6. The maximum Gasteiger partial charge on any atom is 0.311 e. The van der Waals surface area contributed by atoms with Gasteiger partial charge in [-0.25, -0.2) is 4.98 Å². The molecular weight excluding hydrogens is 484 g/mol. The fraction of sp³-hybridized carbons (Fsp3) is 0.138. The summed E-state index contributed by atoms with van der Waals surface area (Å²) in [6.45, 7) is 0.00317. The van der Waals surface area contributed by atoms with Crippen LogP contribution in [0.15, 0.2) is 79.3 Å². The first-order chi connectivity index (χ1) is 18.5. The summed E-state index contributed by atoms with van der Waals surface area (Å²) >= 11 is 0. The number of carbonyl (C=O) groups is 2. The Balaban J connectivity index is 1.29. The third-order valence-electron chi connectivity index (χ3n) is 6.16. The second kappa shape index (κ2) is 9.78. The van der Waals surface area contributed by atoms with Crippen molar-refractivity contribution >= 4 is 22.8 Å². The van der Waals surface area contributed by atoms with Crippen molar-refractivity contribution in [2.45, 2.75) is 19.4 Å². The van der Waals surface area contributed by atoms with Crippen LogP contribution in [0.4, 0.5) is 0 Å². The summed E-state index contributed by atoms with van der Waals surface area (Å²) in [7, 11) is 1.89. The molecule has 0 N–H and O–H groups in total. The zero-order valence-electron chi connectivity index (χ0n) is 20.5. The van der Waals surface area contributed by atoms with Gasteiger partial charge in [0, 0.05) is 42.2 Å². The lowest BCUT2D eigenvalue weighted by atomic mass is 10.0. The van der Waals surface area contributed by atoms with E-state index in [1.54, 1.807) is 35.3 Å². The van der Waals surface area contributed by atoms with E-state index in [1.165, 1.54) is 0 Å². The highest BCUT2D eigenvalue weighted by Gasteiger charge is 2.26. The Hall–Kier alpha value is -5.05. The molecule has 188 valence electrons. The number of rotatable bonds is 5. The first-order valence-corrected chi connectivity index (χ1v) is 12.1. The minimum absolute atomic E-state index is 0.00317. The molecule has 3 aromatic heterocycles. The zero-order chi connectivity index (χ0) is 26.1. The number of fused-ring (bicyclic) bond motifs is 3. The van der Waals surface area contributed by atoms with Crippen LogP contribution >= 0.6 is 0 Å². The lowest BCUT2D eigenvalue weighted by Crippen LogP contribution is -2.20. The summed E-state index contributed by atoms with van der Waals surface area (Å²) in [5, 5.41) is 5.23. The summed E-state index contributed by atoms with van der Waals surface area (Å²) < 4.78 is 19.0. The van der Waals surface area contributed by atoms with Crippen molar-refractivity contribution in [2.24, 2.45) is 7.05 Å². The van der Waals surface area contributed by atoms with E-state index in [2.05, 4.69) is 15.1 Å². The highest BCUT2D eigenvalue weighted by Crippen LogP contribution is 2.39. The number of pyridine rings is 2. The van der Waals surface area contributed by atoms with Gasteiger partial charge in [0.05, 0.1) is 18.4 Å². The third-order valence-corrected chi connectivity index (χ3v) is 6.16. The quantitative estimate of drug-likeness (QED) is 0.311. The van der Waals surface area contributed by atoms with Gasteiger partial charge in [-0.1, -0.05) is 12.1 Å². The molecule has 9 heteroatoms. The van der Waals surface area contributed by atoms with Crippen molar-refractivity contribution in [1.82, 2.24) is 19.7 Å². The standard InChI is InChI=1S/C29H22N4O5/c1-33-16-22(18-12-14-30-15-13-18)27(32-33)19-6-8-20(9-7-19)36-17-24-29-28(21-4-2-3-5-23(21)31-24)37-25(34)10-11-26(35)38-29/h2-9,12-16H,10-11,17H2,1H3. The molecule has 0 spiro atoms. The molecule has 0 saturated carbocycles. The first-order valence-electron chi connectivity index (χ1n) is 12.1. The Morgan fingerprint density at radius 1 is 0.868 bits per heavy atom. The molecule has 6 rings (SSSR count). The summed E-state index contributed by atoms with van der Waals surface area (Å²) in [5.41, 5.74) is 4.76. The molecule has 0 aliphatic carbocycles. The third kappa shape index (κ3) is 4.57. The van der Waals surface area contributed by atoms with Gasteiger partial charge >= 0.3 is 11.9 Å². The molecule has 0 saturated heterocycles. The lowest BCUT2D eigenvalue weighted by Gasteiger charge is -2.18. The Labute approximate surface area is 217 Å². The number of para-hydroxylation sites is 1. The average molecular weight is 507 g/mol. The topological polar surface area (TPSA) is 105 Å². The van der Waals surface area contributed by atoms with Gasteiger partial charge in [0.1, 0.15) is 23.7 Å². The molecule has 0 unspecified atom stereocenters. The Kier molecular flexibility index (Phi) is 6.01. The molecule has 9 nitrogen and oxygen atoms in total. The van der Waals surface area contributed by atoms with Gasteiger partial charge in [0.2, 0.25) is 0 Å².